The second-order valence-electron chi connectivity index (χ2n) is 5.06. The van der Waals surface area contributed by atoms with E-state index in [-0.39, 0.29) is 5.91 Å². The van der Waals surface area contributed by atoms with Crippen molar-refractivity contribution in [2.45, 2.75) is 13.8 Å². The number of aromatic nitrogens is 1. The van der Waals surface area contributed by atoms with E-state index >= 15 is 0 Å². The molecule has 1 amide bonds. The second-order valence-corrected chi connectivity index (χ2v) is 5.06. The molecule has 0 aliphatic rings. The standard InChI is InChI=1S/C18H20N2O2/c1-5-11-20(12-6-2)18(21)16-14(4)22-19-17(16)15-10-8-7-9-13(15)3/h5-10H,1-2,11-12H2,3-4H3. The van der Waals surface area contributed by atoms with E-state index < -0.39 is 0 Å². The predicted molar refractivity (Wildman–Crippen MR) is 87.7 cm³/mol. The molecule has 2 aromatic rings. The van der Waals surface area contributed by atoms with Crippen LogP contribution in [0.3, 0.4) is 0 Å². The van der Waals surface area contributed by atoms with Crippen molar-refractivity contribution in [3.8, 4) is 11.3 Å². The Hall–Kier alpha value is -2.62. The van der Waals surface area contributed by atoms with Gasteiger partial charge in [0.15, 0.2) is 0 Å². The lowest BCUT2D eigenvalue weighted by Gasteiger charge is -2.19. The Morgan fingerprint density at radius 3 is 2.45 bits per heavy atom. The Kier molecular flexibility index (Phi) is 4.94. The highest BCUT2D eigenvalue weighted by atomic mass is 16.5. The first-order valence-corrected chi connectivity index (χ1v) is 7.13. The van der Waals surface area contributed by atoms with Gasteiger partial charge in [0.25, 0.3) is 5.91 Å². The highest BCUT2D eigenvalue weighted by molar-refractivity contribution is 6.01. The van der Waals surface area contributed by atoms with Gasteiger partial charge in [0.2, 0.25) is 0 Å². The van der Waals surface area contributed by atoms with Crippen LogP contribution >= 0.6 is 0 Å². The molecule has 0 atom stereocenters. The molecule has 1 aromatic heterocycles. The fraction of sp³-hybridized carbons (Fsp3) is 0.222. The van der Waals surface area contributed by atoms with Crippen LogP contribution < -0.4 is 0 Å². The van der Waals surface area contributed by atoms with E-state index in [1.807, 2.05) is 31.2 Å². The first-order chi connectivity index (χ1) is 10.6. The maximum Gasteiger partial charge on any atom is 0.260 e. The van der Waals surface area contributed by atoms with E-state index in [2.05, 4.69) is 18.3 Å². The topological polar surface area (TPSA) is 46.3 Å². The first kappa shape index (κ1) is 15.8. The van der Waals surface area contributed by atoms with E-state index in [0.29, 0.717) is 30.1 Å². The van der Waals surface area contributed by atoms with Crippen molar-refractivity contribution in [2.75, 3.05) is 13.1 Å². The second kappa shape index (κ2) is 6.89. The maximum absolute atomic E-state index is 12.8. The molecule has 0 spiro atoms. The van der Waals surface area contributed by atoms with Gasteiger partial charge in [-0.15, -0.1) is 13.2 Å². The molecule has 0 bridgehead atoms. The van der Waals surface area contributed by atoms with E-state index in [0.717, 1.165) is 11.1 Å². The maximum atomic E-state index is 12.8. The number of aryl methyl sites for hydroxylation is 2. The molecule has 4 heteroatoms. The Balaban J connectivity index is 2.49. The third kappa shape index (κ3) is 3.01. The number of carbonyl (C=O) groups is 1. The lowest BCUT2D eigenvalue weighted by molar-refractivity contribution is 0.0789. The van der Waals surface area contributed by atoms with E-state index in [9.17, 15) is 4.79 Å². The number of nitrogens with zero attached hydrogens (tertiary/aromatic N) is 2. The Morgan fingerprint density at radius 2 is 1.86 bits per heavy atom. The smallest absolute Gasteiger partial charge is 0.260 e. The van der Waals surface area contributed by atoms with E-state index in [4.69, 9.17) is 4.52 Å². The van der Waals surface area contributed by atoms with Crippen LogP contribution in [0.1, 0.15) is 21.7 Å². The summed E-state index contributed by atoms with van der Waals surface area (Å²) in [5.41, 5.74) is 3.03. The molecule has 1 heterocycles. The van der Waals surface area contributed by atoms with Crippen LogP contribution in [0.25, 0.3) is 11.3 Å². The molecule has 0 unspecified atom stereocenters. The summed E-state index contributed by atoms with van der Waals surface area (Å²) in [6.07, 6.45) is 3.38. The van der Waals surface area contributed by atoms with Crippen LogP contribution in [0.15, 0.2) is 54.1 Å². The Morgan fingerprint density at radius 1 is 1.23 bits per heavy atom. The first-order valence-electron chi connectivity index (χ1n) is 7.13. The van der Waals surface area contributed by atoms with Crippen LogP contribution in [0.2, 0.25) is 0 Å². The molecule has 0 saturated heterocycles. The molecule has 114 valence electrons. The molecular formula is C18H20N2O2. The van der Waals surface area contributed by atoms with Gasteiger partial charge < -0.3 is 9.42 Å². The van der Waals surface area contributed by atoms with Crippen LogP contribution in [0, 0.1) is 13.8 Å². The van der Waals surface area contributed by atoms with Crippen molar-refractivity contribution in [3.63, 3.8) is 0 Å². The summed E-state index contributed by atoms with van der Waals surface area (Å²) in [7, 11) is 0. The largest absolute Gasteiger partial charge is 0.360 e. The average Bonchev–Trinajstić information content (AvgIpc) is 2.88. The van der Waals surface area contributed by atoms with Crippen molar-refractivity contribution in [2.24, 2.45) is 0 Å². The minimum atomic E-state index is -0.128. The summed E-state index contributed by atoms with van der Waals surface area (Å²) < 4.78 is 5.28. The van der Waals surface area contributed by atoms with Gasteiger partial charge >= 0.3 is 0 Å². The van der Waals surface area contributed by atoms with E-state index in [1.165, 1.54) is 0 Å². The van der Waals surface area contributed by atoms with Crippen LogP contribution in [0.4, 0.5) is 0 Å². The summed E-state index contributed by atoms with van der Waals surface area (Å²) in [4.78, 5) is 14.5. The summed E-state index contributed by atoms with van der Waals surface area (Å²) in [6.45, 7) is 12.0. The normalized spacial score (nSPS) is 10.3. The molecule has 0 aliphatic heterocycles. The fourth-order valence-electron chi connectivity index (χ4n) is 2.36. The van der Waals surface area contributed by atoms with Gasteiger partial charge in [-0.2, -0.15) is 0 Å². The summed E-state index contributed by atoms with van der Waals surface area (Å²) in [6, 6.07) is 7.80. The third-order valence-corrected chi connectivity index (χ3v) is 3.46. The average molecular weight is 296 g/mol. The van der Waals surface area contributed by atoms with Gasteiger partial charge in [0, 0.05) is 18.7 Å². The zero-order chi connectivity index (χ0) is 16.1. The molecule has 0 aliphatic carbocycles. The van der Waals surface area contributed by atoms with Gasteiger partial charge in [-0.1, -0.05) is 41.6 Å². The predicted octanol–water partition coefficient (Wildman–Crippen LogP) is 3.77. The van der Waals surface area contributed by atoms with Crippen molar-refractivity contribution in [1.82, 2.24) is 10.1 Å². The number of hydrogen-bond acceptors (Lipinski definition) is 3. The van der Waals surface area contributed by atoms with Gasteiger partial charge in [0.1, 0.15) is 17.0 Å². The molecule has 1 aromatic carbocycles. The summed E-state index contributed by atoms with van der Waals surface area (Å²) in [5.74, 6) is 0.387. The lowest BCUT2D eigenvalue weighted by Crippen LogP contribution is -2.31. The molecule has 0 fully saturated rings. The zero-order valence-corrected chi connectivity index (χ0v) is 13.0. The molecule has 0 N–H and O–H groups in total. The number of amides is 1. The number of rotatable bonds is 6. The molecule has 0 saturated carbocycles. The minimum absolute atomic E-state index is 0.128. The molecule has 4 nitrogen and oxygen atoms in total. The minimum Gasteiger partial charge on any atom is -0.360 e. The van der Waals surface area contributed by atoms with E-state index in [1.54, 1.807) is 24.0 Å². The monoisotopic (exact) mass is 296 g/mol. The molecule has 22 heavy (non-hydrogen) atoms. The van der Waals surface area contributed by atoms with Crippen LogP contribution in [0.5, 0.6) is 0 Å². The molecule has 0 radical (unpaired) electrons. The van der Waals surface area contributed by atoms with Crippen LogP contribution in [-0.2, 0) is 0 Å². The highest BCUT2D eigenvalue weighted by Crippen LogP contribution is 2.28. The summed E-state index contributed by atoms with van der Waals surface area (Å²) >= 11 is 0. The highest BCUT2D eigenvalue weighted by Gasteiger charge is 2.25. The Labute approximate surface area is 130 Å². The molecule has 2 rings (SSSR count). The fourth-order valence-corrected chi connectivity index (χ4v) is 2.36. The third-order valence-electron chi connectivity index (χ3n) is 3.46. The van der Waals surface area contributed by atoms with Crippen LogP contribution in [-0.4, -0.2) is 29.1 Å². The van der Waals surface area contributed by atoms with Gasteiger partial charge in [0.05, 0.1) is 0 Å². The quantitative estimate of drug-likeness (QED) is 0.762. The van der Waals surface area contributed by atoms with Gasteiger partial charge in [-0.3, -0.25) is 4.79 Å². The van der Waals surface area contributed by atoms with Gasteiger partial charge in [-0.25, -0.2) is 0 Å². The molecular weight excluding hydrogens is 276 g/mol. The lowest BCUT2D eigenvalue weighted by atomic mass is 10.0. The number of hydrogen-bond donors (Lipinski definition) is 0. The number of benzene rings is 1. The number of carbonyl (C=O) groups excluding carboxylic acids is 1. The van der Waals surface area contributed by atoms with Gasteiger partial charge in [-0.05, 0) is 19.4 Å². The van der Waals surface area contributed by atoms with Crippen molar-refractivity contribution in [1.29, 1.82) is 0 Å². The SMILES string of the molecule is C=CCN(CC=C)C(=O)c1c(-c2ccccc2C)noc1C. The Bertz CT molecular complexity index is 691. The van der Waals surface area contributed by atoms with Crippen molar-refractivity contribution < 1.29 is 9.32 Å². The van der Waals surface area contributed by atoms with Crippen molar-refractivity contribution >= 4 is 5.91 Å². The zero-order valence-electron chi connectivity index (χ0n) is 13.0. The summed E-state index contributed by atoms with van der Waals surface area (Å²) in [5, 5.41) is 4.10. The van der Waals surface area contributed by atoms with Crippen molar-refractivity contribution in [3.05, 3.63) is 66.5 Å².